The molecule has 0 fully saturated rings. The van der Waals surface area contributed by atoms with Gasteiger partial charge in [0.1, 0.15) is 5.75 Å². The van der Waals surface area contributed by atoms with E-state index >= 15 is 0 Å². The van der Waals surface area contributed by atoms with Crippen molar-refractivity contribution in [1.29, 1.82) is 0 Å². The van der Waals surface area contributed by atoms with Crippen LogP contribution in [0.15, 0.2) is 72.8 Å². The third-order valence-corrected chi connectivity index (χ3v) is 4.21. The zero-order chi connectivity index (χ0) is 20.9. The Bertz CT molecular complexity index is 988. The van der Waals surface area contributed by atoms with Crippen LogP contribution in [0.3, 0.4) is 0 Å². The van der Waals surface area contributed by atoms with E-state index in [4.69, 9.17) is 0 Å². The number of hydrogen-bond acceptors (Lipinski definition) is 3. The molecule has 29 heavy (non-hydrogen) atoms. The number of aryl methyl sites for hydroxylation is 2. The Balaban J connectivity index is 1.81. The molecule has 0 bridgehead atoms. The quantitative estimate of drug-likeness (QED) is 0.524. The highest BCUT2D eigenvalue weighted by Gasteiger charge is 2.31. The van der Waals surface area contributed by atoms with Crippen LogP contribution < -0.4 is 10.1 Å². The van der Waals surface area contributed by atoms with Gasteiger partial charge in [0.2, 0.25) is 0 Å². The van der Waals surface area contributed by atoms with E-state index in [-0.39, 0.29) is 17.0 Å². The average molecular weight is 401 g/mol. The Morgan fingerprint density at radius 1 is 0.897 bits per heavy atom. The summed E-state index contributed by atoms with van der Waals surface area (Å²) in [6, 6.07) is 20.0. The SMILES string of the molecule is O=C(O)c1ccc(CCc2ccccc2)cc1Nc1cccc(OC(F)(F)F)c1. The maximum Gasteiger partial charge on any atom is 0.573 e. The fourth-order valence-corrected chi connectivity index (χ4v) is 2.90. The third kappa shape index (κ3) is 6.00. The minimum absolute atomic E-state index is 0.0237. The minimum Gasteiger partial charge on any atom is -0.478 e. The van der Waals surface area contributed by atoms with Crippen molar-refractivity contribution < 1.29 is 27.8 Å². The van der Waals surface area contributed by atoms with E-state index in [2.05, 4.69) is 10.1 Å². The van der Waals surface area contributed by atoms with Crippen molar-refractivity contribution in [2.45, 2.75) is 19.2 Å². The molecule has 3 rings (SSSR count). The van der Waals surface area contributed by atoms with E-state index in [1.165, 1.54) is 24.3 Å². The first-order chi connectivity index (χ1) is 13.8. The predicted molar refractivity (Wildman–Crippen MR) is 104 cm³/mol. The van der Waals surface area contributed by atoms with Gasteiger partial charge in [-0.1, -0.05) is 42.5 Å². The molecule has 0 heterocycles. The summed E-state index contributed by atoms with van der Waals surface area (Å²) in [5.74, 6) is -1.52. The second kappa shape index (κ2) is 8.68. The number of halogens is 3. The zero-order valence-corrected chi connectivity index (χ0v) is 15.2. The van der Waals surface area contributed by atoms with Gasteiger partial charge in [0.05, 0.1) is 11.3 Å². The molecule has 3 aromatic carbocycles. The standard InChI is InChI=1S/C22H18F3NO3/c23-22(24,25)29-18-8-4-7-17(14-18)26-20-13-16(11-12-19(20)21(27)28)10-9-15-5-2-1-3-6-15/h1-8,11-14,26H,9-10H2,(H,27,28). The number of hydrogen-bond donors (Lipinski definition) is 2. The number of carboxylic acid groups (broad SMARTS) is 1. The molecule has 0 aliphatic heterocycles. The molecule has 0 aliphatic rings. The summed E-state index contributed by atoms with van der Waals surface area (Å²) >= 11 is 0. The average Bonchev–Trinajstić information content (AvgIpc) is 2.66. The summed E-state index contributed by atoms with van der Waals surface area (Å²) in [5, 5.41) is 12.3. The highest BCUT2D eigenvalue weighted by molar-refractivity contribution is 5.95. The maximum atomic E-state index is 12.4. The van der Waals surface area contributed by atoms with Crippen molar-refractivity contribution >= 4 is 17.3 Å². The molecule has 3 aromatic rings. The first-order valence-corrected chi connectivity index (χ1v) is 8.83. The first kappa shape index (κ1) is 20.3. The van der Waals surface area contributed by atoms with Crippen LogP contribution in [-0.2, 0) is 12.8 Å². The number of carboxylic acids is 1. The molecule has 7 heteroatoms. The van der Waals surface area contributed by atoms with Crippen LogP contribution in [0.2, 0.25) is 0 Å². The Hall–Kier alpha value is -3.48. The molecule has 0 atom stereocenters. The topological polar surface area (TPSA) is 58.6 Å². The van der Waals surface area contributed by atoms with Gasteiger partial charge in [-0.2, -0.15) is 0 Å². The molecule has 0 aromatic heterocycles. The first-order valence-electron chi connectivity index (χ1n) is 8.83. The lowest BCUT2D eigenvalue weighted by molar-refractivity contribution is -0.274. The van der Waals surface area contributed by atoms with Crippen molar-refractivity contribution in [3.63, 3.8) is 0 Å². The number of aromatic carboxylic acids is 1. The fraction of sp³-hybridized carbons (Fsp3) is 0.136. The molecule has 0 saturated carbocycles. The van der Waals surface area contributed by atoms with E-state index in [1.54, 1.807) is 12.1 Å². The minimum atomic E-state index is -4.80. The highest BCUT2D eigenvalue weighted by Crippen LogP contribution is 2.28. The van der Waals surface area contributed by atoms with Crippen LogP contribution in [0.5, 0.6) is 5.75 Å². The van der Waals surface area contributed by atoms with Crippen LogP contribution in [-0.4, -0.2) is 17.4 Å². The van der Waals surface area contributed by atoms with Crippen molar-refractivity contribution in [2.24, 2.45) is 0 Å². The van der Waals surface area contributed by atoms with E-state index in [0.29, 0.717) is 12.1 Å². The predicted octanol–water partition coefficient (Wildman–Crippen LogP) is 5.81. The van der Waals surface area contributed by atoms with Gasteiger partial charge in [-0.15, -0.1) is 13.2 Å². The summed E-state index contributed by atoms with van der Waals surface area (Å²) in [4.78, 5) is 11.5. The largest absolute Gasteiger partial charge is 0.573 e. The number of anilines is 2. The summed E-state index contributed by atoms with van der Waals surface area (Å²) in [5.41, 5.74) is 2.67. The van der Waals surface area contributed by atoms with Crippen molar-refractivity contribution in [1.82, 2.24) is 0 Å². The molecule has 0 amide bonds. The number of ether oxygens (including phenoxy) is 1. The summed E-state index contributed by atoms with van der Waals surface area (Å²) in [6.07, 6.45) is -3.33. The van der Waals surface area contributed by atoms with Crippen molar-refractivity contribution in [2.75, 3.05) is 5.32 Å². The molecular weight excluding hydrogens is 383 g/mol. The van der Waals surface area contributed by atoms with Crippen LogP contribution in [0.1, 0.15) is 21.5 Å². The normalized spacial score (nSPS) is 11.1. The van der Waals surface area contributed by atoms with Crippen LogP contribution >= 0.6 is 0 Å². The highest BCUT2D eigenvalue weighted by atomic mass is 19.4. The van der Waals surface area contributed by atoms with Gasteiger partial charge >= 0.3 is 12.3 Å². The Labute approximate surface area is 165 Å². The smallest absolute Gasteiger partial charge is 0.478 e. The zero-order valence-electron chi connectivity index (χ0n) is 15.2. The van der Waals surface area contributed by atoms with E-state index < -0.39 is 12.3 Å². The van der Waals surface area contributed by atoms with Gasteiger partial charge < -0.3 is 15.2 Å². The number of rotatable bonds is 7. The molecule has 0 unspecified atom stereocenters. The molecule has 0 spiro atoms. The van der Waals surface area contributed by atoms with Gasteiger partial charge in [0, 0.05) is 11.8 Å². The number of benzene rings is 3. The fourth-order valence-electron chi connectivity index (χ4n) is 2.90. The number of nitrogens with one attached hydrogen (secondary N) is 1. The molecule has 4 nitrogen and oxygen atoms in total. The molecule has 0 radical (unpaired) electrons. The van der Waals surface area contributed by atoms with Crippen LogP contribution in [0, 0.1) is 0 Å². The Kier molecular flexibility index (Phi) is 6.07. The molecule has 2 N–H and O–H groups in total. The molecule has 0 saturated heterocycles. The number of alkyl halides is 3. The molecular formula is C22H18F3NO3. The Morgan fingerprint density at radius 2 is 1.62 bits per heavy atom. The van der Waals surface area contributed by atoms with E-state index in [1.807, 2.05) is 30.3 Å². The lowest BCUT2D eigenvalue weighted by atomic mass is 10.0. The summed E-state index contributed by atoms with van der Waals surface area (Å²) < 4.78 is 41.2. The van der Waals surface area contributed by atoms with Crippen LogP contribution in [0.25, 0.3) is 0 Å². The second-order valence-corrected chi connectivity index (χ2v) is 6.37. The lowest BCUT2D eigenvalue weighted by Gasteiger charge is -2.14. The van der Waals surface area contributed by atoms with E-state index in [0.717, 1.165) is 23.6 Å². The second-order valence-electron chi connectivity index (χ2n) is 6.37. The van der Waals surface area contributed by atoms with Gasteiger partial charge in [0.25, 0.3) is 0 Å². The Morgan fingerprint density at radius 3 is 2.31 bits per heavy atom. The monoisotopic (exact) mass is 401 g/mol. The summed E-state index contributed by atoms with van der Waals surface area (Å²) in [7, 11) is 0. The van der Waals surface area contributed by atoms with Crippen molar-refractivity contribution in [3.05, 3.63) is 89.5 Å². The van der Waals surface area contributed by atoms with Crippen molar-refractivity contribution in [3.8, 4) is 5.75 Å². The molecule has 0 aliphatic carbocycles. The van der Waals surface area contributed by atoms with Crippen LogP contribution in [0.4, 0.5) is 24.5 Å². The van der Waals surface area contributed by atoms with Gasteiger partial charge in [-0.05, 0) is 48.2 Å². The van der Waals surface area contributed by atoms with Gasteiger partial charge in [-0.3, -0.25) is 0 Å². The van der Waals surface area contributed by atoms with E-state index in [9.17, 15) is 23.1 Å². The molecule has 150 valence electrons. The number of carbonyl (C=O) groups is 1. The lowest BCUT2D eigenvalue weighted by Crippen LogP contribution is -2.17. The summed E-state index contributed by atoms with van der Waals surface area (Å²) in [6.45, 7) is 0. The van der Waals surface area contributed by atoms with Gasteiger partial charge in [-0.25, -0.2) is 4.79 Å². The maximum absolute atomic E-state index is 12.4. The van der Waals surface area contributed by atoms with Gasteiger partial charge in [0.15, 0.2) is 0 Å². The third-order valence-electron chi connectivity index (χ3n) is 4.21.